The van der Waals surface area contributed by atoms with E-state index in [1.807, 2.05) is 6.07 Å². The number of anilines is 1. The molecule has 72 valence electrons. The normalized spacial score (nSPS) is 12.8. The van der Waals surface area contributed by atoms with Crippen molar-refractivity contribution < 1.29 is 0 Å². The van der Waals surface area contributed by atoms with Crippen molar-refractivity contribution in [2.24, 2.45) is 0 Å². The molecule has 0 bridgehead atoms. The van der Waals surface area contributed by atoms with Gasteiger partial charge in [0.1, 0.15) is 10.2 Å². The fourth-order valence-electron chi connectivity index (χ4n) is 0.841. The number of nitrogens with zero attached hydrogens (tertiary/aromatic N) is 1. The highest BCUT2D eigenvalue weighted by Gasteiger charge is 2.04. The lowest BCUT2D eigenvalue weighted by atomic mass is 10.4. The minimum absolute atomic E-state index is 0.464. The summed E-state index contributed by atoms with van der Waals surface area (Å²) in [5.74, 6) is 0. The van der Waals surface area contributed by atoms with E-state index in [4.69, 9.17) is 17.3 Å². The molecule has 1 rings (SSSR count). The average Bonchev–Trinajstić information content (AvgIpc) is 2.02. The van der Waals surface area contributed by atoms with Crippen molar-refractivity contribution in [2.45, 2.75) is 30.5 Å². The molecule has 2 N–H and O–H groups in total. The third-order valence-corrected chi connectivity index (χ3v) is 3.07. The number of pyridine rings is 1. The van der Waals surface area contributed by atoms with Crippen LogP contribution >= 0.6 is 23.4 Å². The largest absolute Gasteiger partial charge is 0.399 e. The molecule has 0 spiro atoms. The second-order valence-corrected chi connectivity index (χ2v) is 4.74. The van der Waals surface area contributed by atoms with Gasteiger partial charge in [0.25, 0.3) is 0 Å². The van der Waals surface area contributed by atoms with E-state index in [-0.39, 0.29) is 0 Å². The molecule has 0 saturated carbocycles. The summed E-state index contributed by atoms with van der Waals surface area (Å²) < 4.78 is 0. The topological polar surface area (TPSA) is 38.9 Å². The second kappa shape index (κ2) is 4.72. The van der Waals surface area contributed by atoms with Gasteiger partial charge < -0.3 is 5.73 Å². The van der Waals surface area contributed by atoms with E-state index in [0.29, 0.717) is 16.1 Å². The average molecular weight is 217 g/mol. The molecule has 0 aliphatic carbocycles. The molecule has 0 saturated heterocycles. The minimum atomic E-state index is 0.464. The van der Waals surface area contributed by atoms with E-state index in [9.17, 15) is 0 Å². The number of halogens is 1. The Morgan fingerprint density at radius 1 is 1.62 bits per heavy atom. The van der Waals surface area contributed by atoms with Crippen LogP contribution in [-0.2, 0) is 0 Å². The van der Waals surface area contributed by atoms with Crippen LogP contribution in [0.4, 0.5) is 5.69 Å². The molecule has 0 aliphatic heterocycles. The zero-order valence-electron chi connectivity index (χ0n) is 7.75. The Balaban J connectivity index is 2.77. The Kier molecular flexibility index (Phi) is 3.88. The highest BCUT2D eigenvalue weighted by molar-refractivity contribution is 7.99. The molecule has 1 aromatic heterocycles. The second-order valence-electron chi connectivity index (χ2n) is 2.90. The van der Waals surface area contributed by atoms with Gasteiger partial charge in [0.15, 0.2) is 0 Å². The molecule has 0 radical (unpaired) electrons. The van der Waals surface area contributed by atoms with Gasteiger partial charge in [0, 0.05) is 10.9 Å². The predicted octanol–water partition coefficient (Wildman–Crippen LogP) is 3.21. The van der Waals surface area contributed by atoms with Crippen molar-refractivity contribution in [1.82, 2.24) is 4.98 Å². The zero-order valence-corrected chi connectivity index (χ0v) is 9.32. The van der Waals surface area contributed by atoms with E-state index >= 15 is 0 Å². The smallest absolute Gasteiger partial charge is 0.132 e. The first-order valence-corrected chi connectivity index (χ1v) is 5.47. The van der Waals surface area contributed by atoms with Crippen molar-refractivity contribution in [2.75, 3.05) is 5.73 Å². The number of rotatable bonds is 3. The zero-order chi connectivity index (χ0) is 9.84. The van der Waals surface area contributed by atoms with Crippen LogP contribution in [0.1, 0.15) is 20.3 Å². The summed E-state index contributed by atoms with van der Waals surface area (Å²) >= 11 is 7.47. The van der Waals surface area contributed by atoms with Crippen molar-refractivity contribution in [3.63, 3.8) is 0 Å². The SMILES string of the molecule is CCC(C)Sc1cc(N)cc(Cl)n1. The van der Waals surface area contributed by atoms with E-state index in [1.165, 1.54) is 0 Å². The van der Waals surface area contributed by atoms with Gasteiger partial charge in [-0.3, -0.25) is 0 Å². The highest BCUT2D eigenvalue weighted by Crippen LogP contribution is 2.26. The summed E-state index contributed by atoms with van der Waals surface area (Å²) in [5.41, 5.74) is 6.31. The Labute approximate surface area is 87.9 Å². The number of aromatic nitrogens is 1. The van der Waals surface area contributed by atoms with E-state index in [1.54, 1.807) is 17.8 Å². The molecule has 0 aromatic carbocycles. The molecule has 1 atom stereocenters. The van der Waals surface area contributed by atoms with Gasteiger partial charge in [-0.2, -0.15) is 0 Å². The quantitative estimate of drug-likeness (QED) is 0.623. The van der Waals surface area contributed by atoms with Crippen LogP contribution in [0.5, 0.6) is 0 Å². The summed E-state index contributed by atoms with van der Waals surface area (Å²) in [7, 11) is 0. The lowest BCUT2D eigenvalue weighted by Gasteiger charge is -2.07. The van der Waals surface area contributed by atoms with Crippen LogP contribution in [0, 0.1) is 0 Å². The standard InChI is InChI=1S/C9H13ClN2S/c1-3-6(2)13-9-5-7(11)4-8(10)12-9/h4-6H,3H2,1-2H3,(H2,11,12). The van der Waals surface area contributed by atoms with Gasteiger partial charge in [-0.05, 0) is 18.6 Å². The molecule has 0 fully saturated rings. The first-order chi connectivity index (χ1) is 6.11. The molecule has 1 heterocycles. The molecular weight excluding hydrogens is 204 g/mol. The lowest BCUT2D eigenvalue weighted by Crippen LogP contribution is -1.95. The van der Waals surface area contributed by atoms with Crippen molar-refractivity contribution in [3.8, 4) is 0 Å². The van der Waals surface area contributed by atoms with E-state index in [0.717, 1.165) is 11.4 Å². The van der Waals surface area contributed by atoms with Gasteiger partial charge in [-0.1, -0.05) is 25.4 Å². The number of thioether (sulfide) groups is 1. The third-order valence-electron chi connectivity index (χ3n) is 1.69. The Morgan fingerprint density at radius 3 is 2.85 bits per heavy atom. The number of nitrogens with two attached hydrogens (primary N) is 1. The van der Waals surface area contributed by atoms with Crippen molar-refractivity contribution >= 4 is 29.1 Å². The fraction of sp³-hybridized carbons (Fsp3) is 0.444. The molecule has 13 heavy (non-hydrogen) atoms. The summed E-state index contributed by atoms with van der Waals surface area (Å²) in [6.07, 6.45) is 1.11. The number of hydrogen-bond acceptors (Lipinski definition) is 3. The van der Waals surface area contributed by atoms with Gasteiger partial charge in [0.05, 0.1) is 0 Å². The maximum atomic E-state index is 5.77. The van der Waals surface area contributed by atoms with Crippen LogP contribution in [0.2, 0.25) is 5.15 Å². The van der Waals surface area contributed by atoms with Crippen LogP contribution < -0.4 is 5.73 Å². The predicted molar refractivity (Wildman–Crippen MR) is 59.3 cm³/mol. The van der Waals surface area contributed by atoms with E-state index in [2.05, 4.69) is 18.8 Å². The van der Waals surface area contributed by atoms with Gasteiger partial charge in [-0.25, -0.2) is 4.98 Å². The first-order valence-electron chi connectivity index (χ1n) is 4.21. The molecular formula is C9H13ClN2S. The number of hydrogen-bond donors (Lipinski definition) is 1. The summed E-state index contributed by atoms with van der Waals surface area (Å²) in [6, 6.07) is 3.50. The molecule has 1 unspecified atom stereocenters. The number of nitrogen functional groups attached to an aromatic ring is 1. The fourth-order valence-corrected chi connectivity index (χ4v) is 2.04. The maximum absolute atomic E-state index is 5.77. The monoisotopic (exact) mass is 216 g/mol. The van der Waals surface area contributed by atoms with Crippen molar-refractivity contribution in [1.29, 1.82) is 0 Å². The van der Waals surface area contributed by atoms with Crippen LogP contribution in [-0.4, -0.2) is 10.2 Å². The third kappa shape index (κ3) is 3.44. The molecule has 4 heteroatoms. The lowest BCUT2D eigenvalue weighted by molar-refractivity contribution is 0.901. The van der Waals surface area contributed by atoms with Crippen LogP contribution in [0.3, 0.4) is 0 Å². The Hall–Kier alpha value is -0.410. The molecule has 2 nitrogen and oxygen atoms in total. The Morgan fingerprint density at radius 2 is 2.31 bits per heavy atom. The minimum Gasteiger partial charge on any atom is -0.399 e. The molecule has 0 amide bonds. The maximum Gasteiger partial charge on any atom is 0.132 e. The van der Waals surface area contributed by atoms with Gasteiger partial charge in [-0.15, -0.1) is 11.8 Å². The van der Waals surface area contributed by atoms with Gasteiger partial charge >= 0.3 is 0 Å². The Bertz CT molecular complexity index is 271. The van der Waals surface area contributed by atoms with Crippen LogP contribution in [0.15, 0.2) is 17.2 Å². The van der Waals surface area contributed by atoms with E-state index < -0.39 is 0 Å². The first kappa shape index (κ1) is 10.7. The summed E-state index contributed by atoms with van der Waals surface area (Å²) in [4.78, 5) is 4.17. The van der Waals surface area contributed by atoms with Crippen molar-refractivity contribution in [3.05, 3.63) is 17.3 Å². The van der Waals surface area contributed by atoms with Gasteiger partial charge in [0.2, 0.25) is 0 Å². The molecule has 0 aliphatic rings. The summed E-state index contributed by atoms with van der Waals surface area (Å²) in [6.45, 7) is 4.30. The summed E-state index contributed by atoms with van der Waals surface area (Å²) in [5, 5.41) is 1.91. The van der Waals surface area contributed by atoms with Crippen LogP contribution in [0.25, 0.3) is 0 Å². The highest BCUT2D eigenvalue weighted by atomic mass is 35.5. The molecule has 1 aromatic rings.